The Labute approximate surface area is 168 Å². The molecule has 2 aromatic carbocycles. The summed E-state index contributed by atoms with van der Waals surface area (Å²) in [6.45, 7) is 0.288. The lowest BCUT2D eigenvalue weighted by molar-refractivity contribution is 0.0951. The van der Waals surface area contributed by atoms with E-state index in [4.69, 9.17) is 5.14 Å². The molecule has 0 aliphatic carbocycles. The van der Waals surface area contributed by atoms with Gasteiger partial charge in [0.2, 0.25) is 10.0 Å². The van der Waals surface area contributed by atoms with Gasteiger partial charge in [-0.05, 0) is 35.4 Å². The zero-order valence-electron chi connectivity index (χ0n) is 15.2. The van der Waals surface area contributed by atoms with Crippen LogP contribution in [-0.2, 0) is 29.4 Å². The molecule has 1 amide bonds. The Balaban J connectivity index is 1.59. The number of primary sulfonamides is 1. The number of aromatic nitrogens is 2. The fourth-order valence-electron chi connectivity index (χ4n) is 2.52. The van der Waals surface area contributed by atoms with E-state index in [1.54, 1.807) is 36.2 Å². The van der Waals surface area contributed by atoms with Crippen LogP contribution in [0.2, 0.25) is 0 Å². The van der Waals surface area contributed by atoms with Crippen LogP contribution in [0, 0.1) is 0 Å². The Kier molecular flexibility index (Phi) is 6.18. The first-order valence-corrected chi connectivity index (χ1v) is 10.9. The minimum absolute atomic E-state index is 0.0421. The predicted molar refractivity (Wildman–Crippen MR) is 108 cm³/mol. The molecule has 1 aromatic heterocycles. The minimum atomic E-state index is -3.72. The number of benzene rings is 2. The van der Waals surface area contributed by atoms with E-state index in [2.05, 4.69) is 10.3 Å². The summed E-state index contributed by atoms with van der Waals surface area (Å²) in [4.78, 5) is 16.7. The van der Waals surface area contributed by atoms with Gasteiger partial charge in [0.25, 0.3) is 5.91 Å². The molecule has 0 aliphatic heterocycles. The van der Waals surface area contributed by atoms with Crippen LogP contribution in [0.5, 0.6) is 0 Å². The fraction of sp³-hybridized carbons (Fsp3) is 0.158. The Morgan fingerprint density at radius 3 is 2.57 bits per heavy atom. The summed E-state index contributed by atoms with van der Waals surface area (Å²) in [6.07, 6.45) is 3.64. The topological polar surface area (TPSA) is 107 Å². The third-order valence-corrected chi connectivity index (χ3v) is 6.10. The summed E-state index contributed by atoms with van der Waals surface area (Å²) < 4.78 is 24.5. The lowest BCUT2D eigenvalue weighted by Gasteiger charge is -2.08. The third kappa shape index (κ3) is 5.22. The monoisotopic (exact) mass is 416 g/mol. The highest BCUT2D eigenvalue weighted by Crippen LogP contribution is 2.21. The molecular formula is C19H20N4O3S2. The third-order valence-electron chi connectivity index (χ3n) is 4.04. The summed E-state index contributed by atoms with van der Waals surface area (Å²) in [5.74, 6) is 0.514. The lowest BCUT2D eigenvalue weighted by atomic mass is 10.1. The molecule has 146 valence electrons. The molecule has 3 rings (SSSR count). The highest BCUT2D eigenvalue weighted by atomic mass is 32.2. The minimum Gasteiger partial charge on any atom is -0.348 e. The number of amides is 1. The van der Waals surface area contributed by atoms with E-state index in [9.17, 15) is 13.2 Å². The lowest BCUT2D eigenvalue weighted by Crippen LogP contribution is -2.23. The average Bonchev–Trinajstić information content (AvgIpc) is 3.09. The van der Waals surface area contributed by atoms with E-state index in [1.165, 1.54) is 12.1 Å². The molecule has 28 heavy (non-hydrogen) atoms. The number of sulfonamides is 1. The molecule has 3 N–H and O–H groups in total. The summed E-state index contributed by atoms with van der Waals surface area (Å²) >= 11 is 1.60. The Hall–Kier alpha value is -2.62. The number of nitrogens with one attached hydrogen (secondary N) is 1. The van der Waals surface area contributed by atoms with Crippen molar-refractivity contribution in [3.05, 3.63) is 77.6 Å². The molecule has 0 aliphatic rings. The molecule has 0 unspecified atom stereocenters. The molecular weight excluding hydrogens is 396 g/mol. The molecule has 0 radical (unpaired) electrons. The molecule has 0 bridgehead atoms. The Morgan fingerprint density at radius 2 is 1.93 bits per heavy atom. The number of hydrogen-bond acceptors (Lipinski definition) is 5. The molecule has 7 nitrogen and oxygen atoms in total. The van der Waals surface area contributed by atoms with Crippen molar-refractivity contribution in [3.63, 3.8) is 0 Å². The average molecular weight is 417 g/mol. The summed E-state index contributed by atoms with van der Waals surface area (Å²) in [5.41, 5.74) is 2.37. The normalized spacial score (nSPS) is 11.4. The maximum absolute atomic E-state index is 12.4. The van der Waals surface area contributed by atoms with Gasteiger partial charge in [-0.2, -0.15) is 0 Å². The van der Waals surface area contributed by atoms with Crippen LogP contribution < -0.4 is 10.5 Å². The zero-order valence-corrected chi connectivity index (χ0v) is 16.8. The zero-order chi connectivity index (χ0) is 20.1. The highest BCUT2D eigenvalue weighted by Gasteiger charge is 2.09. The van der Waals surface area contributed by atoms with Crippen molar-refractivity contribution in [2.24, 2.45) is 12.2 Å². The van der Waals surface area contributed by atoms with Gasteiger partial charge in [0.15, 0.2) is 5.16 Å². The van der Waals surface area contributed by atoms with Crippen molar-refractivity contribution >= 4 is 27.7 Å². The summed E-state index contributed by atoms with van der Waals surface area (Å²) in [7, 11) is -1.78. The number of thioether (sulfide) groups is 1. The largest absolute Gasteiger partial charge is 0.348 e. The maximum atomic E-state index is 12.4. The van der Waals surface area contributed by atoms with Crippen molar-refractivity contribution in [1.29, 1.82) is 0 Å². The molecule has 1 heterocycles. The van der Waals surface area contributed by atoms with Gasteiger partial charge >= 0.3 is 0 Å². The van der Waals surface area contributed by atoms with Gasteiger partial charge in [-0.15, -0.1) is 0 Å². The van der Waals surface area contributed by atoms with Crippen molar-refractivity contribution in [2.45, 2.75) is 22.3 Å². The van der Waals surface area contributed by atoms with Crippen LogP contribution in [0.3, 0.4) is 0 Å². The first-order chi connectivity index (χ1) is 13.3. The van der Waals surface area contributed by atoms with E-state index < -0.39 is 10.0 Å². The van der Waals surface area contributed by atoms with Crippen molar-refractivity contribution in [1.82, 2.24) is 14.9 Å². The van der Waals surface area contributed by atoms with Gasteiger partial charge in [0, 0.05) is 37.3 Å². The van der Waals surface area contributed by atoms with Gasteiger partial charge in [0.05, 0.1) is 4.90 Å². The molecule has 0 atom stereocenters. The predicted octanol–water partition coefficient (Wildman–Crippen LogP) is 2.29. The van der Waals surface area contributed by atoms with E-state index >= 15 is 0 Å². The molecule has 0 spiro atoms. The van der Waals surface area contributed by atoms with Crippen LogP contribution in [-0.4, -0.2) is 23.9 Å². The number of nitrogens with zero attached hydrogens (tertiary/aromatic N) is 2. The van der Waals surface area contributed by atoms with Crippen LogP contribution >= 0.6 is 11.8 Å². The first-order valence-electron chi connectivity index (χ1n) is 8.42. The second-order valence-electron chi connectivity index (χ2n) is 6.18. The van der Waals surface area contributed by atoms with Gasteiger partial charge in [-0.3, -0.25) is 4.79 Å². The summed E-state index contributed by atoms with van der Waals surface area (Å²) in [5, 5.41) is 8.83. The standard InChI is InChI=1S/C19H20N4O3S2/c1-23-10-9-21-19(23)27-13-15-3-2-4-16(11-15)18(24)22-12-14-5-7-17(8-6-14)28(20,25)26/h2-11H,12-13H2,1H3,(H,22,24)(H2,20,25,26). The SMILES string of the molecule is Cn1ccnc1SCc1cccc(C(=O)NCc2ccc(S(N)(=O)=O)cc2)c1. The van der Waals surface area contributed by atoms with Gasteiger partial charge in [-0.1, -0.05) is 36.0 Å². The van der Waals surface area contributed by atoms with E-state index in [0.29, 0.717) is 11.3 Å². The number of hydrogen-bond donors (Lipinski definition) is 2. The number of imidazole rings is 1. The van der Waals surface area contributed by atoms with Gasteiger partial charge in [-0.25, -0.2) is 18.5 Å². The van der Waals surface area contributed by atoms with Crippen LogP contribution in [0.4, 0.5) is 0 Å². The van der Waals surface area contributed by atoms with E-state index in [0.717, 1.165) is 16.3 Å². The molecule has 0 fully saturated rings. The van der Waals surface area contributed by atoms with Crippen LogP contribution in [0.15, 0.2) is 71.0 Å². The molecule has 3 aromatic rings. The van der Waals surface area contributed by atoms with E-state index in [1.807, 2.05) is 36.0 Å². The van der Waals surface area contributed by atoms with Gasteiger partial charge in [0.1, 0.15) is 0 Å². The second-order valence-corrected chi connectivity index (χ2v) is 8.69. The maximum Gasteiger partial charge on any atom is 0.251 e. The second kappa shape index (κ2) is 8.59. The fourth-order valence-corrected chi connectivity index (χ4v) is 3.91. The Bertz CT molecular complexity index is 1080. The molecule has 0 saturated carbocycles. The molecule has 9 heteroatoms. The highest BCUT2D eigenvalue weighted by molar-refractivity contribution is 7.98. The van der Waals surface area contributed by atoms with Crippen LogP contribution in [0.1, 0.15) is 21.5 Å². The number of aryl methyl sites for hydroxylation is 1. The number of carbonyl (C=O) groups excluding carboxylic acids is 1. The van der Waals surface area contributed by atoms with Crippen molar-refractivity contribution < 1.29 is 13.2 Å². The molecule has 0 saturated heterocycles. The van der Waals surface area contributed by atoms with Crippen molar-refractivity contribution in [3.8, 4) is 0 Å². The van der Waals surface area contributed by atoms with Crippen molar-refractivity contribution in [2.75, 3.05) is 0 Å². The van der Waals surface area contributed by atoms with Crippen LogP contribution in [0.25, 0.3) is 0 Å². The number of carbonyl (C=O) groups is 1. The smallest absolute Gasteiger partial charge is 0.251 e. The van der Waals surface area contributed by atoms with Gasteiger partial charge < -0.3 is 9.88 Å². The quantitative estimate of drug-likeness (QED) is 0.575. The summed E-state index contributed by atoms with van der Waals surface area (Å²) in [6, 6.07) is 13.5. The number of nitrogens with two attached hydrogens (primary N) is 1. The van der Waals surface area contributed by atoms with E-state index in [-0.39, 0.29) is 17.3 Å². The first kappa shape index (κ1) is 20.1. The Morgan fingerprint density at radius 1 is 1.18 bits per heavy atom. The number of rotatable bonds is 7.